The normalized spacial score (nSPS) is 41.0. The van der Waals surface area contributed by atoms with Gasteiger partial charge < -0.3 is 34.9 Å². The molecule has 0 aromatic rings. The molecular weight excluding hydrogens is 247 g/mol. The van der Waals surface area contributed by atoms with E-state index < -0.39 is 45.1 Å². The number of rotatable bonds is 3. The molecule has 1 fully saturated rings. The highest BCUT2D eigenvalue weighted by molar-refractivity contribution is 7.46. The molecule has 16 heavy (non-hydrogen) atoms. The number of aliphatic hydroxyl groups is 4. The second kappa shape index (κ2) is 4.65. The van der Waals surface area contributed by atoms with Crippen LogP contribution >= 0.6 is 7.82 Å². The maximum atomic E-state index is 10.4. The lowest BCUT2D eigenvalue weighted by molar-refractivity contribution is -0.329. The summed E-state index contributed by atoms with van der Waals surface area (Å²) >= 11 is 0. The average Bonchev–Trinajstić information content (AvgIpc) is 2.18. The molecule has 0 spiro atoms. The van der Waals surface area contributed by atoms with E-state index in [0.29, 0.717) is 0 Å². The monoisotopic (exact) mass is 260 g/mol. The summed E-state index contributed by atoms with van der Waals surface area (Å²) in [6, 6.07) is 0. The minimum absolute atomic E-state index is 0.501. The lowest BCUT2D eigenvalue weighted by atomic mass is 9.98. The van der Waals surface area contributed by atoms with Crippen molar-refractivity contribution in [2.45, 2.75) is 24.1 Å². The lowest BCUT2D eigenvalue weighted by Gasteiger charge is -2.41. The van der Waals surface area contributed by atoms with E-state index in [1.165, 1.54) is 0 Å². The van der Waals surface area contributed by atoms with Crippen LogP contribution in [0.15, 0.2) is 0 Å². The Morgan fingerprint density at radius 3 is 2.44 bits per heavy atom. The second-order valence-corrected chi connectivity index (χ2v) is 4.66. The van der Waals surface area contributed by atoms with Crippen LogP contribution in [0.2, 0.25) is 0 Å². The summed E-state index contributed by atoms with van der Waals surface area (Å²) in [5.41, 5.74) is 0. The Hall–Kier alpha value is -0.0900. The fraction of sp³-hybridized carbons (Fsp3) is 1.00. The van der Waals surface area contributed by atoms with Crippen LogP contribution in [0.4, 0.5) is 0 Å². The summed E-state index contributed by atoms with van der Waals surface area (Å²) in [6.45, 7) is -1.54. The van der Waals surface area contributed by atoms with Gasteiger partial charge >= 0.3 is 7.82 Å². The summed E-state index contributed by atoms with van der Waals surface area (Å²) in [7, 11) is -4.83. The van der Waals surface area contributed by atoms with E-state index in [9.17, 15) is 19.9 Å². The zero-order valence-electron chi connectivity index (χ0n) is 8.00. The van der Waals surface area contributed by atoms with Crippen LogP contribution in [0, 0.1) is 0 Å². The van der Waals surface area contributed by atoms with E-state index in [0.717, 1.165) is 0 Å². The zero-order chi connectivity index (χ0) is 12.6. The Kier molecular flexibility index (Phi) is 4.06. The maximum absolute atomic E-state index is 10.4. The summed E-state index contributed by atoms with van der Waals surface area (Å²) in [5, 5.41) is 37.2. The lowest BCUT2D eigenvalue weighted by Crippen LogP contribution is -2.62. The van der Waals surface area contributed by atoms with Crippen LogP contribution in [0.25, 0.3) is 0 Å². The molecule has 0 bridgehead atoms. The molecule has 0 aromatic carbocycles. The number of phosphoric ester groups is 1. The van der Waals surface area contributed by atoms with Gasteiger partial charge in [0.05, 0.1) is 6.61 Å². The minimum Gasteiger partial charge on any atom is -0.388 e. The van der Waals surface area contributed by atoms with E-state index in [1.807, 2.05) is 0 Å². The fourth-order valence-electron chi connectivity index (χ4n) is 1.19. The van der Waals surface area contributed by atoms with Gasteiger partial charge in [0.2, 0.25) is 5.79 Å². The molecule has 0 aliphatic carbocycles. The molecule has 0 aromatic heterocycles. The highest BCUT2D eigenvalue weighted by atomic mass is 31.2. The van der Waals surface area contributed by atoms with Crippen molar-refractivity contribution in [1.82, 2.24) is 0 Å². The predicted octanol–water partition coefficient (Wildman–Crippen LogP) is -3.10. The van der Waals surface area contributed by atoms with Crippen molar-refractivity contribution in [3.8, 4) is 0 Å². The first-order chi connectivity index (χ1) is 7.16. The fourth-order valence-corrected chi connectivity index (χ4v) is 1.55. The number of aliphatic hydroxyl groups excluding tert-OH is 3. The van der Waals surface area contributed by atoms with E-state index in [-0.39, 0.29) is 0 Å². The standard InChI is InChI=1S/C6H13O9P/c7-3-1-14-6(10,5(9)4(3)8)2-15-16(11,12)13/h3-5,7-10H,1-2H2,(H2,11,12,13)/t3-,4-,5-,6-/m0/s1. The molecule has 1 aliphatic rings. The number of hydrogen-bond donors (Lipinski definition) is 6. The molecule has 1 aliphatic heterocycles. The first-order valence-electron chi connectivity index (χ1n) is 4.26. The number of phosphoric acid groups is 1. The largest absolute Gasteiger partial charge is 0.469 e. The van der Waals surface area contributed by atoms with E-state index in [4.69, 9.17) is 14.9 Å². The third-order valence-electron chi connectivity index (χ3n) is 2.12. The van der Waals surface area contributed by atoms with Gasteiger partial charge in [-0.25, -0.2) is 4.57 Å². The predicted molar refractivity (Wildman–Crippen MR) is 46.9 cm³/mol. The van der Waals surface area contributed by atoms with Crippen molar-refractivity contribution in [2.24, 2.45) is 0 Å². The summed E-state index contributed by atoms with van der Waals surface area (Å²) in [4.78, 5) is 16.8. The van der Waals surface area contributed by atoms with Gasteiger partial charge in [-0.05, 0) is 0 Å². The molecule has 9 nitrogen and oxygen atoms in total. The van der Waals surface area contributed by atoms with Gasteiger partial charge in [-0.2, -0.15) is 0 Å². The van der Waals surface area contributed by atoms with Gasteiger partial charge in [0.25, 0.3) is 0 Å². The SMILES string of the molecule is O=P(O)(O)OC[C@]1(O)OC[C@H](O)[C@H](O)[C@@H]1O. The number of ether oxygens (including phenoxy) is 1. The summed E-state index contributed by atoms with van der Waals surface area (Å²) in [6.07, 6.45) is -5.03. The van der Waals surface area contributed by atoms with Crippen LogP contribution < -0.4 is 0 Å². The van der Waals surface area contributed by atoms with Crippen LogP contribution in [0.3, 0.4) is 0 Å². The van der Waals surface area contributed by atoms with E-state index in [1.54, 1.807) is 0 Å². The highest BCUT2D eigenvalue weighted by Crippen LogP contribution is 2.38. The van der Waals surface area contributed by atoms with E-state index >= 15 is 0 Å². The molecule has 6 N–H and O–H groups in total. The molecule has 1 heterocycles. The van der Waals surface area contributed by atoms with Crippen LogP contribution in [-0.4, -0.2) is 67.5 Å². The molecule has 0 unspecified atom stereocenters. The third kappa shape index (κ3) is 3.20. The van der Waals surface area contributed by atoms with Gasteiger partial charge in [0.15, 0.2) is 0 Å². The van der Waals surface area contributed by atoms with Gasteiger partial charge in [-0.3, -0.25) is 4.52 Å². The second-order valence-electron chi connectivity index (χ2n) is 3.42. The van der Waals surface area contributed by atoms with Gasteiger partial charge in [-0.1, -0.05) is 0 Å². The minimum atomic E-state index is -4.83. The van der Waals surface area contributed by atoms with Crippen molar-refractivity contribution in [3.05, 3.63) is 0 Å². The van der Waals surface area contributed by atoms with Crippen LogP contribution in [0.5, 0.6) is 0 Å². The molecular formula is C6H13O9P. The molecule has 0 radical (unpaired) electrons. The summed E-state index contributed by atoms with van der Waals surface area (Å²) < 4.78 is 18.9. The first-order valence-corrected chi connectivity index (χ1v) is 5.79. The van der Waals surface area contributed by atoms with E-state index in [2.05, 4.69) is 9.26 Å². The van der Waals surface area contributed by atoms with Crippen molar-refractivity contribution in [2.75, 3.05) is 13.2 Å². The van der Waals surface area contributed by atoms with Crippen molar-refractivity contribution in [3.63, 3.8) is 0 Å². The molecule has 0 amide bonds. The Bertz CT molecular complexity index is 290. The molecule has 1 saturated heterocycles. The van der Waals surface area contributed by atoms with Gasteiger partial charge in [0, 0.05) is 0 Å². The average molecular weight is 260 g/mol. The Morgan fingerprint density at radius 1 is 1.38 bits per heavy atom. The van der Waals surface area contributed by atoms with Crippen molar-refractivity contribution in [1.29, 1.82) is 0 Å². The zero-order valence-corrected chi connectivity index (χ0v) is 8.90. The highest BCUT2D eigenvalue weighted by Gasteiger charge is 2.49. The molecule has 96 valence electrons. The Morgan fingerprint density at radius 2 is 1.94 bits per heavy atom. The topological polar surface area (TPSA) is 157 Å². The van der Waals surface area contributed by atoms with Crippen LogP contribution in [-0.2, 0) is 13.8 Å². The first kappa shape index (κ1) is 14.0. The molecule has 4 atom stereocenters. The third-order valence-corrected chi connectivity index (χ3v) is 2.59. The Balaban J connectivity index is 2.66. The maximum Gasteiger partial charge on any atom is 0.469 e. The molecule has 1 rings (SSSR count). The molecule has 10 heteroatoms. The Labute approximate surface area is 90.1 Å². The number of hydrogen-bond acceptors (Lipinski definition) is 7. The van der Waals surface area contributed by atoms with Crippen molar-refractivity contribution < 1.29 is 44.0 Å². The smallest absolute Gasteiger partial charge is 0.388 e. The molecule has 0 saturated carbocycles. The van der Waals surface area contributed by atoms with Crippen LogP contribution in [0.1, 0.15) is 0 Å². The van der Waals surface area contributed by atoms with Gasteiger partial charge in [0.1, 0.15) is 24.9 Å². The quantitative estimate of drug-likeness (QED) is 0.289. The van der Waals surface area contributed by atoms with Gasteiger partial charge in [-0.15, -0.1) is 0 Å². The van der Waals surface area contributed by atoms with Crippen molar-refractivity contribution >= 4 is 7.82 Å². The summed E-state index contributed by atoms with van der Waals surface area (Å²) in [5.74, 6) is -2.47.